The third kappa shape index (κ3) is 5.30. The number of carbonyl (C=O) groups is 2. The summed E-state index contributed by atoms with van der Waals surface area (Å²) < 4.78 is 0. The Bertz CT molecular complexity index is 351. The van der Waals surface area contributed by atoms with E-state index in [1.165, 1.54) is 19.3 Å². The van der Waals surface area contributed by atoms with E-state index in [9.17, 15) is 9.59 Å². The molecule has 0 atom stereocenters. The predicted octanol–water partition coefficient (Wildman–Crippen LogP) is 1.33. The lowest BCUT2D eigenvalue weighted by atomic mass is 10.1. The third-order valence-electron chi connectivity index (χ3n) is 4.60. The molecule has 0 aromatic rings. The molecule has 2 amide bonds. The normalized spacial score (nSPS) is 22.3. The second-order valence-electron chi connectivity index (χ2n) is 6.28. The lowest BCUT2D eigenvalue weighted by molar-refractivity contribution is -0.132. The van der Waals surface area contributed by atoms with E-state index in [1.54, 1.807) is 6.92 Å². The molecule has 0 aliphatic carbocycles. The SMILES string of the molecule is CC(=O)N1CCCN(CC(=O)N2CCCCCCC2)CC1. The number of hydrogen-bond donors (Lipinski definition) is 0. The molecule has 2 fully saturated rings. The van der Waals surface area contributed by atoms with Crippen molar-refractivity contribution in [2.24, 2.45) is 0 Å². The van der Waals surface area contributed by atoms with Crippen LogP contribution in [-0.2, 0) is 9.59 Å². The molecule has 2 aliphatic heterocycles. The van der Waals surface area contributed by atoms with Gasteiger partial charge in [-0.15, -0.1) is 0 Å². The van der Waals surface area contributed by atoms with E-state index in [4.69, 9.17) is 0 Å². The van der Waals surface area contributed by atoms with Gasteiger partial charge in [0.15, 0.2) is 0 Å². The predicted molar refractivity (Wildman–Crippen MR) is 83.0 cm³/mol. The van der Waals surface area contributed by atoms with E-state index < -0.39 is 0 Å². The Balaban J connectivity index is 1.79. The van der Waals surface area contributed by atoms with Crippen molar-refractivity contribution in [1.82, 2.24) is 14.7 Å². The van der Waals surface area contributed by atoms with Crippen LogP contribution in [0.3, 0.4) is 0 Å². The lowest BCUT2D eigenvalue weighted by Gasteiger charge is -2.28. The van der Waals surface area contributed by atoms with Gasteiger partial charge in [0, 0.05) is 46.2 Å². The first-order valence-electron chi connectivity index (χ1n) is 8.42. The van der Waals surface area contributed by atoms with E-state index in [-0.39, 0.29) is 11.8 Å². The highest BCUT2D eigenvalue weighted by Crippen LogP contribution is 2.11. The van der Waals surface area contributed by atoms with Gasteiger partial charge in [0.25, 0.3) is 0 Å². The first kappa shape index (κ1) is 16.3. The van der Waals surface area contributed by atoms with Gasteiger partial charge in [0.2, 0.25) is 11.8 Å². The maximum atomic E-state index is 12.5. The molecule has 0 spiro atoms. The van der Waals surface area contributed by atoms with Crippen LogP contribution in [0.1, 0.15) is 45.4 Å². The summed E-state index contributed by atoms with van der Waals surface area (Å²) >= 11 is 0. The van der Waals surface area contributed by atoms with E-state index in [0.29, 0.717) is 6.54 Å². The second kappa shape index (κ2) is 8.37. The molecular weight excluding hydrogens is 266 g/mol. The van der Waals surface area contributed by atoms with Crippen molar-refractivity contribution < 1.29 is 9.59 Å². The van der Waals surface area contributed by atoms with Crippen molar-refractivity contribution in [2.45, 2.75) is 45.4 Å². The average Bonchev–Trinajstić information content (AvgIpc) is 2.63. The zero-order valence-electron chi connectivity index (χ0n) is 13.4. The summed E-state index contributed by atoms with van der Waals surface area (Å²) in [6.45, 7) is 7.31. The number of likely N-dealkylation sites (tertiary alicyclic amines) is 1. The fourth-order valence-electron chi connectivity index (χ4n) is 3.23. The van der Waals surface area contributed by atoms with Gasteiger partial charge >= 0.3 is 0 Å². The third-order valence-corrected chi connectivity index (χ3v) is 4.60. The van der Waals surface area contributed by atoms with Crippen LogP contribution in [0, 0.1) is 0 Å². The summed E-state index contributed by atoms with van der Waals surface area (Å²) in [5, 5.41) is 0. The fraction of sp³-hybridized carbons (Fsp3) is 0.875. The second-order valence-corrected chi connectivity index (χ2v) is 6.28. The molecule has 2 saturated heterocycles. The zero-order valence-corrected chi connectivity index (χ0v) is 13.4. The van der Waals surface area contributed by atoms with Gasteiger partial charge in [-0.25, -0.2) is 0 Å². The Morgan fingerprint density at radius 3 is 2.00 bits per heavy atom. The molecule has 0 unspecified atom stereocenters. The van der Waals surface area contributed by atoms with Crippen LogP contribution >= 0.6 is 0 Å². The van der Waals surface area contributed by atoms with E-state index in [1.807, 2.05) is 9.80 Å². The Hall–Kier alpha value is -1.10. The summed E-state index contributed by atoms with van der Waals surface area (Å²) in [7, 11) is 0. The molecule has 2 rings (SSSR count). The van der Waals surface area contributed by atoms with Crippen molar-refractivity contribution in [1.29, 1.82) is 0 Å². The van der Waals surface area contributed by atoms with Crippen LogP contribution in [0.25, 0.3) is 0 Å². The van der Waals surface area contributed by atoms with E-state index >= 15 is 0 Å². The molecule has 0 bridgehead atoms. The van der Waals surface area contributed by atoms with Crippen molar-refractivity contribution in [3.63, 3.8) is 0 Å². The Kier molecular flexibility index (Phi) is 6.49. The Morgan fingerprint density at radius 2 is 1.33 bits per heavy atom. The van der Waals surface area contributed by atoms with Crippen LogP contribution < -0.4 is 0 Å². The molecule has 2 heterocycles. The monoisotopic (exact) mass is 295 g/mol. The minimum absolute atomic E-state index is 0.145. The van der Waals surface area contributed by atoms with Gasteiger partial charge in [-0.05, 0) is 19.3 Å². The summed E-state index contributed by atoms with van der Waals surface area (Å²) in [6.07, 6.45) is 7.07. The highest BCUT2D eigenvalue weighted by atomic mass is 16.2. The van der Waals surface area contributed by atoms with Crippen LogP contribution in [0.15, 0.2) is 0 Å². The molecule has 0 aromatic carbocycles. The summed E-state index contributed by atoms with van der Waals surface area (Å²) in [5.41, 5.74) is 0. The molecule has 2 aliphatic rings. The molecule has 0 radical (unpaired) electrons. The van der Waals surface area contributed by atoms with Crippen molar-refractivity contribution in [2.75, 3.05) is 45.8 Å². The van der Waals surface area contributed by atoms with Crippen LogP contribution in [-0.4, -0.2) is 72.3 Å². The highest BCUT2D eigenvalue weighted by Gasteiger charge is 2.21. The maximum Gasteiger partial charge on any atom is 0.236 e. The minimum Gasteiger partial charge on any atom is -0.342 e. The lowest BCUT2D eigenvalue weighted by Crippen LogP contribution is -2.43. The van der Waals surface area contributed by atoms with Crippen LogP contribution in [0.2, 0.25) is 0 Å². The number of amides is 2. The Morgan fingerprint density at radius 1 is 0.714 bits per heavy atom. The molecule has 0 saturated carbocycles. The van der Waals surface area contributed by atoms with Crippen LogP contribution in [0.5, 0.6) is 0 Å². The number of carbonyl (C=O) groups excluding carboxylic acids is 2. The molecule has 0 N–H and O–H groups in total. The van der Waals surface area contributed by atoms with Gasteiger partial charge in [-0.3, -0.25) is 14.5 Å². The largest absolute Gasteiger partial charge is 0.342 e. The van der Waals surface area contributed by atoms with Gasteiger partial charge in [-0.2, -0.15) is 0 Å². The van der Waals surface area contributed by atoms with Gasteiger partial charge in [-0.1, -0.05) is 19.3 Å². The highest BCUT2D eigenvalue weighted by molar-refractivity contribution is 5.78. The quantitative estimate of drug-likeness (QED) is 0.772. The summed E-state index contributed by atoms with van der Waals surface area (Å²) in [4.78, 5) is 30.0. The first-order valence-corrected chi connectivity index (χ1v) is 8.42. The number of rotatable bonds is 2. The smallest absolute Gasteiger partial charge is 0.236 e. The van der Waals surface area contributed by atoms with E-state index in [0.717, 1.165) is 58.5 Å². The molecule has 21 heavy (non-hydrogen) atoms. The topological polar surface area (TPSA) is 43.9 Å². The van der Waals surface area contributed by atoms with Crippen molar-refractivity contribution in [3.8, 4) is 0 Å². The number of nitrogens with zero attached hydrogens (tertiary/aromatic N) is 3. The van der Waals surface area contributed by atoms with Crippen LogP contribution in [0.4, 0.5) is 0 Å². The number of hydrogen-bond acceptors (Lipinski definition) is 3. The molecule has 0 aromatic heterocycles. The van der Waals surface area contributed by atoms with Gasteiger partial charge in [0.05, 0.1) is 6.54 Å². The maximum absolute atomic E-state index is 12.5. The molecule has 120 valence electrons. The Labute approximate surface area is 128 Å². The fourth-order valence-corrected chi connectivity index (χ4v) is 3.23. The molecule has 5 heteroatoms. The molecular formula is C16H29N3O2. The van der Waals surface area contributed by atoms with Gasteiger partial charge < -0.3 is 9.80 Å². The average molecular weight is 295 g/mol. The zero-order chi connectivity index (χ0) is 15.1. The van der Waals surface area contributed by atoms with Crippen molar-refractivity contribution >= 4 is 11.8 Å². The standard InChI is InChI=1S/C16H29N3O2/c1-15(20)18-11-7-8-17(12-13-18)14-16(21)19-9-5-3-2-4-6-10-19/h2-14H2,1H3. The van der Waals surface area contributed by atoms with Crippen molar-refractivity contribution in [3.05, 3.63) is 0 Å². The first-order chi connectivity index (χ1) is 10.2. The summed E-state index contributed by atoms with van der Waals surface area (Å²) in [6, 6.07) is 0. The minimum atomic E-state index is 0.145. The molecule has 5 nitrogen and oxygen atoms in total. The summed E-state index contributed by atoms with van der Waals surface area (Å²) in [5.74, 6) is 0.417. The van der Waals surface area contributed by atoms with Gasteiger partial charge in [0.1, 0.15) is 0 Å². The van der Waals surface area contributed by atoms with E-state index in [2.05, 4.69) is 4.90 Å².